The molecule has 2 aromatic rings. The molecule has 0 bridgehead atoms. The molecule has 3 rings (SSSR count). The summed E-state index contributed by atoms with van der Waals surface area (Å²) in [6.45, 7) is 3.41. The molecule has 2 atom stereocenters. The van der Waals surface area contributed by atoms with Gasteiger partial charge in [0.15, 0.2) is 0 Å². The normalized spacial score (nSPS) is 20.1. The van der Waals surface area contributed by atoms with Gasteiger partial charge in [0.1, 0.15) is 0 Å². The number of hydrogen-bond donors (Lipinski definition) is 2. The Bertz CT molecular complexity index is 701. The van der Waals surface area contributed by atoms with Gasteiger partial charge in [-0.15, -0.1) is 12.4 Å². The van der Waals surface area contributed by atoms with E-state index >= 15 is 0 Å². The van der Waals surface area contributed by atoms with Crippen molar-refractivity contribution >= 4 is 35.6 Å². The van der Waals surface area contributed by atoms with Crippen LogP contribution in [0.15, 0.2) is 30.6 Å². The van der Waals surface area contributed by atoms with E-state index in [1.54, 1.807) is 10.7 Å². The van der Waals surface area contributed by atoms with Crippen LogP contribution in [0.25, 0.3) is 0 Å². The Balaban J connectivity index is 0.00000192. The second-order valence-corrected chi connectivity index (χ2v) is 6.20. The fourth-order valence-electron chi connectivity index (χ4n) is 2.93. The van der Waals surface area contributed by atoms with Crippen molar-refractivity contribution < 1.29 is 4.79 Å². The predicted molar refractivity (Wildman–Crippen MR) is 94.4 cm³/mol. The number of aryl methyl sites for hydroxylation is 2. The number of aromatic nitrogens is 2. The van der Waals surface area contributed by atoms with E-state index in [1.165, 1.54) is 0 Å². The maximum atomic E-state index is 12.6. The van der Waals surface area contributed by atoms with Gasteiger partial charge >= 0.3 is 0 Å². The van der Waals surface area contributed by atoms with Crippen LogP contribution in [0.4, 0.5) is 5.69 Å². The number of anilines is 1. The summed E-state index contributed by atoms with van der Waals surface area (Å²) in [6.07, 6.45) is 3.82. The molecule has 0 spiro atoms. The molecule has 7 heteroatoms. The second kappa shape index (κ2) is 7.34. The molecular weight excluding hydrogens is 335 g/mol. The minimum Gasteiger partial charge on any atom is -0.326 e. The highest BCUT2D eigenvalue weighted by Crippen LogP contribution is 2.29. The molecule has 0 aliphatic carbocycles. The van der Waals surface area contributed by atoms with E-state index < -0.39 is 0 Å². The fraction of sp³-hybridized carbons (Fsp3) is 0.375. The zero-order valence-electron chi connectivity index (χ0n) is 13.0. The average Bonchev–Trinajstić information content (AvgIpc) is 3.10. The zero-order valence-corrected chi connectivity index (χ0v) is 14.6. The maximum absolute atomic E-state index is 12.6. The van der Waals surface area contributed by atoms with Crippen molar-refractivity contribution in [1.29, 1.82) is 0 Å². The summed E-state index contributed by atoms with van der Waals surface area (Å²) < 4.78 is 1.77. The third-order valence-electron chi connectivity index (χ3n) is 4.15. The summed E-state index contributed by atoms with van der Waals surface area (Å²) in [4.78, 5) is 12.6. The van der Waals surface area contributed by atoms with Gasteiger partial charge in [0.25, 0.3) is 0 Å². The van der Waals surface area contributed by atoms with E-state index in [0.29, 0.717) is 11.6 Å². The number of nitrogens with one attached hydrogen (secondary N) is 2. The van der Waals surface area contributed by atoms with Gasteiger partial charge in [-0.3, -0.25) is 9.48 Å². The van der Waals surface area contributed by atoms with Gasteiger partial charge in [0, 0.05) is 43.0 Å². The van der Waals surface area contributed by atoms with Crippen LogP contribution in [0.3, 0.4) is 0 Å². The standard InChI is InChI=1S/C16H19ClN4O.ClH/c1-10-5-12(17)3-4-15(10)20-16(22)14-8-18-7-13(14)11-6-19-21(2)9-11;/h3-6,9,13-14,18H,7-8H2,1-2H3,(H,20,22);1H/t13-,14+;/m1./s1. The van der Waals surface area contributed by atoms with Crippen molar-refractivity contribution in [3.05, 3.63) is 46.7 Å². The third kappa shape index (κ3) is 3.86. The summed E-state index contributed by atoms with van der Waals surface area (Å²) in [5.74, 6) is 0.0878. The summed E-state index contributed by atoms with van der Waals surface area (Å²) in [5.41, 5.74) is 2.87. The van der Waals surface area contributed by atoms with Crippen LogP contribution < -0.4 is 10.6 Å². The molecule has 124 valence electrons. The molecule has 0 radical (unpaired) electrons. The average molecular weight is 355 g/mol. The number of halogens is 2. The van der Waals surface area contributed by atoms with Crippen LogP contribution in [-0.4, -0.2) is 28.8 Å². The quantitative estimate of drug-likeness (QED) is 0.890. The first-order chi connectivity index (χ1) is 10.5. The van der Waals surface area contributed by atoms with Crippen molar-refractivity contribution in [1.82, 2.24) is 15.1 Å². The van der Waals surface area contributed by atoms with Crippen molar-refractivity contribution in [2.45, 2.75) is 12.8 Å². The van der Waals surface area contributed by atoms with Gasteiger partial charge in [0.05, 0.1) is 12.1 Å². The van der Waals surface area contributed by atoms with E-state index in [0.717, 1.165) is 23.4 Å². The van der Waals surface area contributed by atoms with Crippen LogP contribution >= 0.6 is 24.0 Å². The van der Waals surface area contributed by atoms with Crippen LogP contribution in [-0.2, 0) is 11.8 Å². The molecule has 23 heavy (non-hydrogen) atoms. The number of amides is 1. The summed E-state index contributed by atoms with van der Waals surface area (Å²) in [7, 11) is 1.89. The van der Waals surface area contributed by atoms with Crippen LogP contribution in [0.5, 0.6) is 0 Å². The molecule has 1 aliphatic heterocycles. The lowest BCUT2D eigenvalue weighted by atomic mass is 9.90. The van der Waals surface area contributed by atoms with Gasteiger partial charge in [-0.2, -0.15) is 5.10 Å². The van der Waals surface area contributed by atoms with Crippen molar-refractivity contribution in [2.75, 3.05) is 18.4 Å². The Morgan fingerprint density at radius 1 is 1.43 bits per heavy atom. The molecule has 0 saturated carbocycles. The summed E-state index contributed by atoms with van der Waals surface area (Å²) in [5, 5.41) is 11.2. The van der Waals surface area contributed by atoms with E-state index in [1.807, 2.05) is 38.5 Å². The van der Waals surface area contributed by atoms with E-state index in [2.05, 4.69) is 15.7 Å². The molecule has 2 heterocycles. The fourth-order valence-corrected chi connectivity index (χ4v) is 3.16. The van der Waals surface area contributed by atoms with Crippen molar-refractivity contribution in [3.63, 3.8) is 0 Å². The van der Waals surface area contributed by atoms with E-state index in [-0.39, 0.29) is 30.2 Å². The number of rotatable bonds is 3. The zero-order chi connectivity index (χ0) is 15.7. The Morgan fingerprint density at radius 3 is 2.87 bits per heavy atom. The second-order valence-electron chi connectivity index (χ2n) is 5.77. The van der Waals surface area contributed by atoms with E-state index in [9.17, 15) is 4.79 Å². The third-order valence-corrected chi connectivity index (χ3v) is 4.39. The highest BCUT2D eigenvalue weighted by atomic mass is 35.5. The maximum Gasteiger partial charge on any atom is 0.229 e. The first-order valence-corrected chi connectivity index (χ1v) is 7.68. The minimum atomic E-state index is -0.0979. The Hall–Kier alpha value is -1.56. The number of carbonyl (C=O) groups excluding carboxylic acids is 1. The molecule has 1 aromatic heterocycles. The molecule has 1 aliphatic rings. The highest BCUT2D eigenvalue weighted by molar-refractivity contribution is 6.30. The molecule has 1 amide bonds. The lowest BCUT2D eigenvalue weighted by Crippen LogP contribution is -2.28. The Morgan fingerprint density at radius 2 is 2.22 bits per heavy atom. The molecule has 0 unspecified atom stereocenters. The van der Waals surface area contributed by atoms with Gasteiger partial charge in [-0.1, -0.05) is 11.6 Å². The molecule has 2 N–H and O–H groups in total. The molecular formula is C16H20Cl2N4O. The number of benzene rings is 1. The van der Waals surface area contributed by atoms with Gasteiger partial charge in [-0.25, -0.2) is 0 Å². The number of hydrogen-bond acceptors (Lipinski definition) is 3. The minimum absolute atomic E-state index is 0. The van der Waals surface area contributed by atoms with E-state index in [4.69, 9.17) is 11.6 Å². The van der Waals surface area contributed by atoms with Crippen LogP contribution in [0.2, 0.25) is 5.02 Å². The predicted octanol–water partition coefficient (Wildman–Crippen LogP) is 2.75. The first kappa shape index (κ1) is 17.8. The molecule has 5 nitrogen and oxygen atoms in total. The molecule has 1 fully saturated rings. The highest BCUT2D eigenvalue weighted by Gasteiger charge is 2.34. The number of carbonyl (C=O) groups is 1. The summed E-state index contributed by atoms with van der Waals surface area (Å²) >= 11 is 5.95. The summed E-state index contributed by atoms with van der Waals surface area (Å²) in [6, 6.07) is 5.48. The Labute approximate surface area is 146 Å². The van der Waals surface area contributed by atoms with Crippen LogP contribution in [0, 0.1) is 12.8 Å². The lowest BCUT2D eigenvalue weighted by molar-refractivity contribution is -0.119. The van der Waals surface area contributed by atoms with Gasteiger partial charge < -0.3 is 10.6 Å². The van der Waals surface area contributed by atoms with Gasteiger partial charge in [-0.05, 0) is 36.2 Å². The van der Waals surface area contributed by atoms with Crippen LogP contribution in [0.1, 0.15) is 17.0 Å². The lowest BCUT2D eigenvalue weighted by Gasteiger charge is -2.18. The Kier molecular flexibility index (Phi) is 5.68. The number of nitrogens with zero attached hydrogens (tertiary/aromatic N) is 2. The monoisotopic (exact) mass is 354 g/mol. The SMILES string of the molecule is Cc1cc(Cl)ccc1NC(=O)[C@H]1CNC[C@@H]1c1cnn(C)c1.Cl. The molecule has 1 aromatic carbocycles. The smallest absolute Gasteiger partial charge is 0.229 e. The first-order valence-electron chi connectivity index (χ1n) is 7.31. The topological polar surface area (TPSA) is 59.0 Å². The van der Waals surface area contributed by atoms with Crippen molar-refractivity contribution in [2.24, 2.45) is 13.0 Å². The van der Waals surface area contributed by atoms with Gasteiger partial charge in [0.2, 0.25) is 5.91 Å². The largest absolute Gasteiger partial charge is 0.326 e. The van der Waals surface area contributed by atoms with Crippen molar-refractivity contribution in [3.8, 4) is 0 Å². The molecule has 1 saturated heterocycles.